The molecule has 0 aliphatic rings. The molecule has 0 bridgehead atoms. The molecule has 5 rings (SSSR count). The Morgan fingerprint density at radius 1 is 1.02 bits per heavy atom. The molecule has 206 valence electrons. The van der Waals surface area contributed by atoms with Crippen LogP contribution in [0.5, 0.6) is 11.5 Å². The second-order valence-corrected chi connectivity index (χ2v) is 12.0. The average Bonchev–Trinajstić information content (AvgIpc) is 3.36. The van der Waals surface area contributed by atoms with E-state index in [0.717, 1.165) is 25.6 Å². The Balaban J connectivity index is 1.45. The summed E-state index contributed by atoms with van der Waals surface area (Å²) in [6, 6.07) is 23.7. The Morgan fingerprint density at radius 2 is 1.80 bits per heavy atom. The second-order valence-electron chi connectivity index (χ2n) is 8.64. The van der Waals surface area contributed by atoms with Gasteiger partial charge in [-0.05, 0) is 80.5 Å². The van der Waals surface area contributed by atoms with Gasteiger partial charge in [0.05, 0.1) is 23.3 Å². The third-order valence-corrected chi connectivity index (χ3v) is 8.24. The van der Waals surface area contributed by atoms with Crippen LogP contribution >= 0.6 is 66.1 Å². The standard InChI is InChI=1S/C30H19Br2ClIN3O4/c1-40-24-11-10-19(33)14-21(24)30(39)41-28-17(12-18(31)13-22(28)32)15-35-37-29(38)27-25(16-6-3-2-4-7-16)20-8-5-9-23(34)26(20)36-27/h2-15,36H,1H3,(H,37,38). The van der Waals surface area contributed by atoms with Crippen molar-refractivity contribution in [3.05, 3.63) is 113 Å². The van der Waals surface area contributed by atoms with E-state index in [2.05, 4.69) is 70.0 Å². The molecule has 0 aliphatic heterocycles. The van der Waals surface area contributed by atoms with Gasteiger partial charge in [-0.3, -0.25) is 4.79 Å². The molecule has 41 heavy (non-hydrogen) atoms. The number of amides is 1. The van der Waals surface area contributed by atoms with Crippen LogP contribution in [0.1, 0.15) is 26.4 Å². The number of halogens is 4. The molecule has 0 radical (unpaired) electrons. The number of hydrogen-bond donors (Lipinski definition) is 2. The number of carbonyl (C=O) groups excluding carboxylic acids is 2. The molecule has 11 heteroatoms. The fraction of sp³-hybridized carbons (Fsp3) is 0.0333. The number of ether oxygens (including phenoxy) is 2. The first-order valence-electron chi connectivity index (χ1n) is 12.0. The van der Waals surface area contributed by atoms with E-state index in [4.69, 9.17) is 21.1 Å². The molecule has 0 aliphatic carbocycles. The van der Waals surface area contributed by atoms with E-state index in [1.54, 1.807) is 24.3 Å². The zero-order valence-corrected chi connectivity index (χ0v) is 27.3. The summed E-state index contributed by atoms with van der Waals surface area (Å²) in [6.45, 7) is 0. The van der Waals surface area contributed by atoms with Crippen LogP contribution in [0.4, 0.5) is 0 Å². The molecule has 4 aromatic carbocycles. The van der Waals surface area contributed by atoms with Gasteiger partial charge in [-0.2, -0.15) is 5.10 Å². The Bertz CT molecular complexity index is 1830. The van der Waals surface area contributed by atoms with Crippen LogP contribution in [0.3, 0.4) is 0 Å². The maximum absolute atomic E-state index is 13.4. The summed E-state index contributed by atoms with van der Waals surface area (Å²) in [4.78, 5) is 29.7. The third-order valence-electron chi connectivity index (χ3n) is 6.06. The fourth-order valence-electron chi connectivity index (χ4n) is 4.24. The zero-order chi connectivity index (χ0) is 29.1. The van der Waals surface area contributed by atoms with E-state index in [9.17, 15) is 9.59 Å². The minimum atomic E-state index is -0.675. The summed E-state index contributed by atoms with van der Waals surface area (Å²) >= 11 is 15.2. The summed E-state index contributed by atoms with van der Waals surface area (Å²) in [5.41, 5.74) is 6.11. The van der Waals surface area contributed by atoms with Gasteiger partial charge in [-0.15, -0.1) is 0 Å². The van der Waals surface area contributed by atoms with E-state index in [-0.39, 0.29) is 11.3 Å². The van der Waals surface area contributed by atoms with E-state index < -0.39 is 11.9 Å². The molecule has 1 amide bonds. The summed E-state index contributed by atoms with van der Waals surface area (Å²) in [5, 5.41) is 5.48. The van der Waals surface area contributed by atoms with Crippen molar-refractivity contribution in [2.45, 2.75) is 0 Å². The smallest absolute Gasteiger partial charge is 0.347 e. The molecule has 2 N–H and O–H groups in total. The van der Waals surface area contributed by atoms with E-state index >= 15 is 0 Å². The predicted octanol–water partition coefficient (Wildman–Crippen LogP) is 8.61. The van der Waals surface area contributed by atoms with Crippen LogP contribution in [0, 0.1) is 3.57 Å². The lowest BCUT2D eigenvalue weighted by atomic mass is 10.0. The van der Waals surface area contributed by atoms with Gasteiger partial charge in [0.1, 0.15) is 17.0 Å². The fourth-order valence-corrected chi connectivity index (χ4v) is 6.39. The molecule has 1 aromatic heterocycles. The first-order valence-corrected chi connectivity index (χ1v) is 15.0. The van der Waals surface area contributed by atoms with Gasteiger partial charge in [-0.1, -0.05) is 70.0 Å². The Hall–Kier alpha value is -3.19. The van der Waals surface area contributed by atoms with Crippen molar-refractivity contribution >= 4 is 95.0 Å². The number of aromatic amines is 1. The van der Waals surface area contributed by atoms with Crippen LogP contribution in [0.2, 0.25) is 5.02 Å². The van der Waals surface area contributed by atoms with Crippen molar-refractivity contribution in [1.29, 1.82) is 0 Å². The van der Waals surface area contributed by atoms with Crippen LogP contribution in [0.25, 0.3) is 22.0 Å². The molecule has 0 fully saturated rings. The van der Waals surface area contributed by atoms with Crippen LogP contribution in [-0.2, 0) is 0 Å². The number of rotatable bonds is 7. The van der Waals surface area contributed by atoms with Gasteiger partial charge in [0, 0.05) is 29.6 Å². The number of hydrogen-bond acceptors (Lipinski definition) is 5. The molecular formula is C30H19Br2ClIN3O4. The number of benzene rings is 4. The van der Waals surface area contributed by atoms with Gasteiger partial charge >= 0.3 is 5.97 Å². The minimum Gasteiger partial charge on any atom is -0.496 e. The Labute approximate surface area is 270 Å². The number of methoxy groups -OCH3 is 1. The first kappa shape index (κ1) is 29.3. The SMILES string of the molecule is COc1ccc(Cl)cc1C(=O)Oc1c(Br)cc(Br)cc1C=NNC(=O)c1[nH]c2c(I)cccc2c1-c1ccccc1. The van der Waals surface area contributed by atoms with E-state index in [0.29, 0.717) is 31.0 Å². The number of carbonyl (C=O) groups is 2. The second kappa shape index (κ2) is 12.8. The number of hydrazone groups is 1. The van der Waals surface area contributed by atoms with Gasteiger partial charge in [-0.25, -0.2) is 10.2 Å². The highest BCUT2D eigenvalue weighted by Crippen LogP contribution is 2.35. The lowest BCUT2D eigenvalue weighted by Gasteiger charge is -2.12. The quantitative estimate of drug-likeness (QED) is 0.0567. The van der Waals surface area contributed by atoms with Crippen LogP contribution in [-0.4, -0.2) is 30.2 Å². The van der Waals surface area contributed by atoms with Crippen molar-refractivity contribution in [1.82, 2.24) is 10.4 Å². The summed E-state index contributed by atoms with van der Waals surface area (Å²) in [6.07, 6.45) is 1.40. The van der Waals surface area contributed by atoms with Gasteiger partial charge in [0.2, 0.25) is 0 Å². The van der Waals surface area contributed by atoms with Crippen molar-refractivity contribution < 1.29 is 19.1 Å². The first-order chi connectivity index (χ1) is 19.8. The van der Waals surface area contributed by atoms with Crippen molar-refractivity contribution in [2.24, 2.45) is 5.10 Å². The number of nitrogens with one attached hydrogen (secondary N) is 2. The number of aromatic nitrogens is 1. The summed E-state index contributed by atoms with van der Waals surface area (Å²) in [7, 11) is 1.45. The monoisotopic (exact) mass is 805 g/mol. The molecule has 0 atom stereocenters. The maximum Gasteiger partial charge on any atom is 0.347 e. The highest BCUT2D eigenvalue weighted by atomic mass is 127. The van der Waals surface area contributed by atoms with Crippen LogP contribution in [0.15, 0.2) is 92.9 Å². The van der Waals surface area contributed by atoms with Gasteiger partial charge < -0.3 is 14.5 Å². The highest BCUT2D eigenvalue weighted by Gasteiger charge is 2.21. The topological polar surface area (TPSA) is 92.8 Å². The van der Waals surface area contributed by atoms with Crippen LogP contribution < -0.4 is 14.9 Å². The molecular weight excluding hydrogens is 789 g/mol. The highest BCUT2D eigenvalue weighted by molar-refractivity contribution is 14.1. The van der Waals surface area contributed by atoms with E-state index in [1.807, 2.05) is 48.5 Å². The lowest BCUT2D eigenvalue weighted by molar-refractivity contribution is 0.0729. The molecule has 5 aromatic rings. The zero-order valence-electron chi connectivity index (χ0n) is 21.2. The Kier molecular flexibility index (Phi) is 9.12. The number of fused-ring (bicyclic) bond motifs is 1. The predicted molar refractivity (Wildman–Crippen MR) is 176 cm³/mol. The summed E-state index contributed by atoms with van der Waals surface area (Å²) in [5.74, 6) is -0.588. The number of H-pyrrole nitrogens is 1. The minimum absolute atomic E-state index is 0.160. The van der Waals surface area contributed by atoms with Crippen molar-refractivity contribution in [3.63, 3.8) is 0 Å². The lowest BCUT2D eigenvalue weighted by Crippen LogP contribution is -2.19. The van der Waals surface area contributed by atoms with E-state index in [1.165, 1.54) is 19.4 Å². The van der Waals surface area contributed by atoms with Gasteiger partial charge in [0.25, 0.3) is 5.91 Å². The molecule has 0 saturated heterocycles. The Morgan fingerprint density at radius 3 is 2.56 bits per heavy atom. The van der Waals surface area contributed by atoms with Gasteiger partial charge in [0.15, 0.2) is 5.75 Å². The number of nitrogens with zero attached hydrogens (tertiary/aromatic N) is 1. The number of esters is 1. The maximum atomic E-state index is 13.4. The molecule has 1 heterocycles. The third kappa shape index (κ3) is 6.35. The summed E-state index contributed by atoms with van der Waals surface area (Å²) < 4.78 is 13.2. The molecule has 0 saturated carbocycles. The molecule has 0 unspecified atom stereocenters. The average molecular weight is 808 g/mol. The normalized spacial score (nSPS) is 11.1. The number of para-hydroxylation sites is 1. The van der Waals surface area contributed by atoms with Crippen molar-refractivity contribution in [3.8, 4) is 22.6 Å². The van der Waals surface area contributed by atoms with Crippen molar-refractivity contribution in [2.75, 3.05) is 7.11 Å². The molecule has 7 nitrogen and oxygen atoms in total. The molecule has 0 spiro atoms. The largest absolute Gasteiger partial charge is 0.496 e.